The van der Waals surface area contributed by atoms with E-state index < -0.39 is 21.5 Å². The average molecular weight is 397 g/mol. The summed E-state index contributed by atoms with van der Waals surface area (Å²) in [4.78, 5) is 12.0. The zero-order chi connectivity index (χ0) is 19.7. The second-order valence-electron chi connectivity index (χ2n) is 7.26. The predicted octanol–water partition coefficient (Wildman–Crippen LogP) is 3.18. The highest BCUT2D eigenvalue weighted by Crippen LogP contribution is 2.25. The minimum atomic E-state index is -3.84. The molecule has 2 aromatic rings. The van der Waals surface area contributed by atoms with Crippen molar-refractivity contribution in [2.75, 3.05) is 5.32 Å². The smallest absolute Gasteiger partial charge is 0.270 e. The van der Waals surface area contributed by atoms with E-state index >= 15 is 0 Å². The van der Waals surface area contributed by atoms with Gasteiger partial charge in [0, 0.05) is 11.5 Å². The lowest BCUT2D eigenvalue weighted by atomic mass is 9.96. The Balaban J connectivity index is 2.15. The van der Waals surface area contributed by atoms with Gasteiger partial charge in [0.2, 0.25) is 15.4 Å². The van der Waals surface area contributed by atoms with Gasteiger partial charge in [-0.15, -0.1) is 10.2 Å². The van der Waals surface area contributed by atoms with Crippen LogP contribution in [-0.2, 0) is 14.8 Å². The van der Waals surface area contributed by atoms with E-state index in [1.807, 2.05) is 32.0 Å². The standard InChI is InChI=1S/C17H24N4O3S2/c1-10-7-8-13(9-11(10)2)12(3)21-26(23,24)16-20-19-15(25-16)18-14(22)17(4,5)6/h7-9,12,21H,1-6H3,(H,18,19,22). The molecule has 7 nitrogen and oxygen atoms in total. The fourth-order valence-electron chi connectivity index (χ4n) is 2.04. The molecule has 1 amide bonds. The van der Waals surface area contributed by atoms with Crippen molar-refractivity contribution in [2.24, 2.45) is 5.41 Å². The topological polar surface area (TPSA) is 101 Å². The Morgan fingerprint density at radius 3 is 2.38 bits per heavy atom. The van der Waals surface area contributed by atoms with Crippen LogP contribution in [0.25, 0.3) is 0 Å². The number of carbonyl (C=O) groups is 1. The monoisotopic (exact) mass is 396 g/mol. The lowest BCUT2D eigenvalue weighted by Gasteiger charge is -2.15. The van der Waals surface area contributed by atoms with Gasteiger partial charge in [0.25, 0.3) is 10.0 Å². The van der Waals surface area contributed by atoms with Gasteiger partial charge >= 0.3 is 0 Å². The first-order valence-electron chi connectivity index (χ1n) is 8.14. The minimum absolute atomic E-state index is 0.157. The van der Waals surface area contributed by atoms with Crippen LogP contribution in [-0.4, -0.2) is 24.5 Å². The molecule has 2 rings (SSSR count). The first-order valence-corrected chi connectivity index (χ1v) is 10.4. The highest BCUT2D eigenvalue weighted by atomic mass is 32.2. The number of nitrogens with zero attached hydrogens (tertiary/aromatic N) is 2. The van der Waals surface area contributed by atoms with Crippen molar-refractivity contribution in [3.63, 3.8) is 0 Å². The molecule has 0 aliphatic carbocycles. The van der Waals surface area contributed by atoms with E-state index in [2.05, 4.69) is 20.2 Å². The summed E-state index contributed by atoms with van der Waals surface area (Å²) in [7, 11) is -3.84. The molecule has 1 atom stereocenters. The van der Waals surface area contributed by atoms with Gasteiger partial charge in [-0.1, -0.05) is 50.3 Å². The van der Waals surface area contributed by atoms with Crippen molar-refractivity contribution in [1.29, 1.82) is 0 Å². The molecule has 0 saturated heterocycles. The van der Waals surface area contributed by atoms with Crippen LogP contribution in [0, 0.1) is 19.3 Å². The van der Waals surface area contributed by atoms with Gasteiger partial charge in [0.1, 0.15) is 0 Å². The second-order valence-corrected chi connectivity index (χ2v) is 10.1. The van der Waals surface area contributed by atoms with E-state index in [0.29, 0.717) is 0 Å². The van der Waals surface area contributed by atoms with E-state index in [9.17, 15) is 13.2 Å². The van der Waals surface area contributed by atoms with Crippen LogP contribution in [0.3, 0.4) is 0 Å². The van der Waals surface area contributed by atoms with E-state index in [0.717, 1.165) is 28.0 Å². The summed E-state index contributed by atoms with van der Waals surface area (Å²) in [6.07, 6.45) is 0. The predicted molar refractivity (Wildman–Crippen MR) is 103 cm³/mol. The number of sulfonamides is 1. The summed E-state index contributed by atoms with van der Waals surface area (Å²) in [6, 6.07) is 5.39. The number of hydrogen-bond acceptors (Lipinski definition) is 6. The zero-order valence-corrected chi connectivity index (χ0v) is 17.4. The number of amides is 1. The van der Waals surface area contributed by atoms with Gasteiger partial charge in [-0.25, -0.2) is 13.1 Å². The first kappa shape index (κ1) is 20.5. The fourth-order valence-corrected chi connectivity index (χ4v) is 4.18. The number of hydrogen-bond donors (Lipinski definition) is 2. The van der Waals surface area contributed by atoms with Gasteiger partial charge in [-0.3, -0.25) is 4.79 Å². The Morgan fingerprint density at radius 1 is 1.15 bits per heavy atom. The summed E-state index contributed by atoms with van der Waals surface area (Å²) in [5, 5.41) is 10.2. The Morgan fingerprint density at radius 2 is 1.81 bits per heavy atom. The molecule has 2 N–H and O–H groups in total. The van der Waals surface area contributed by atoms with Crippen molar-refractivity contribution in [2.45, 2.75) is 51.9 Å². The maximum atomic E-state index is 12.5. The third kappa shape index (κ3) is 4.87. The highest BCUT2D eigenvalue weighted by molar-refractivity contribution is 7.91. The van der Waals surface area contributed by atoms with Gasteiger partial charge in [-0.2, -0.15) is 0 Å². The third-order valence-electron chi connectivity index (χ3n) is 3.90. The maximum Gasteiger partial charge on any atom is 0.270 e. The SMILES string of the molecule is Cc1ccc(C(C)NS(=O)(=O)c2nnc(NC(=O)C(C)(C)C)s2)cc1C. The molecule has 0 aliphatic heterocycles. The van der Waals surface area contributed by atoms with Crippen molar-refractivity contribution in [3.8, 4) is 0 Å². The van der Waals surface area contributed by atoms with E-state index in [4.69, 9.17) is 0 Å². The summed E-state index contributed by atoms with van der Waals surface area (Å²) in [5.74, 6) is -0.256. The molecule has 9 heteroatoms. The molecule has 1 aromatic heterocycles. The number of benzene rings is 1. The molecule has 1 unspecified atom stereocenters. The fraction of sp³-hybridized carbons (Fsp3) is 0.471. The van der Waals surface area contributed by atoms with Crippen LogP contribution < -0.4 is 10.0 Å². The average Bonchev–Trinajstić information content (AvgIpc) is 2.98. The Hall–Kier alpha value is -1.84. The number of aromatic nitrogens is 2. The van der Waals surface area contributed by atoms with Crippen LogP contribution in [0.4, 0.5) is 5.13 Å². The minimum Gasteiger partial charge on any atom is -0.300 e. The van der Waals surface area contributed by atoms with Gasteiger partial charge < -0.3 is 5.32 Å². The van der Waals surface area contributed by atoms with Crippen LogP contribution in [0.2, 0.25) is 0 Å². The Kier molecular flexibility index (Phi) is 5.84. The summed E-state index contributed by atoms with van der Waals surface area (Å²) >= 11 is 0.822. The molecular formula is C17H24N4O3S2. The quantitative estimate of drug-likeness (QED) is 0.756. The largest absolute Gasteiger partial charge is 0.300 e. The molecular weight excluding hydrogens is 372 g/mol. The van der Waals surface area contributed by atoms with Crippen LogP contribution in [0.5, 0.6) is 0 Å². The molecule has 0 saturated carbocycles. The van der Waals surface area contributed by atoms with Crippen molar-refractivity contribution in [3.05, 3.63) is 34.9 Å². The maximum absolute atomic E-state index is 12.5. The van der Waals surface area contributed by atoms with E-state index in [1.165, 1.54) is 0 Å². The normalized spacial score (nSPS) is 13.5. The summed E-state index contributed by atoms with van der Waals surface area (Å²) in [5.41, 5.74) is 2.49. The molecule has 142 valence electrons. The molecule has 1 heterocycles. The van der Waals surface area contributed by atoms with Gasteiger partial charge in [0.15, 0.2) is 0 Å². The Bertz CT molecular complexity index is 914. The number of carbonyl (C=O) groups excluding carboxylic acids is 1. The van der Waals surface area contributed by atoms with Gasteiger partial charge in [0.05, 0.1) is 0 Å². The molecule has 26 heavy (non-hydrogen) atoms. The highest BCUT2D eigenvalue weighted by Gasteiger charge is 2.26. The van der Waals surface area contributed by atoms with E-state index in [-0.39, 0.29) is 15.4 Å². The van der Waals surface area contributed by atoms with Crippen LogP contribution >= 0.6 is 11.3 Å². The van der Waals surface area contributed by atoms with Gasteiger partial charge in [-0.05, 0) is 37.5 Å². The first-order chi connectivity index (χ1) is 11.9. The van der Waals surface area contributed by atoms with E-state index in [1.54, 1.807) is 27.7 Å². The lowest BCUT2D eigenvalue weighted by Crippen LogP contribution is -2.27. The molecule has 0 aliphatic rings. The molecule has 1 aromatic carbocycles. The zero-order valence-electron chi connectivity index (χ0n) is 15.7. The van der Waals surface area contributed by atoms with Crippen molar-refractivity contribution >= 4 is 32.4 Å². The lowest BCUT2D eigenvalue weighted by molar-refractivity contribution is -0.123. The molecule has 0 fully saturated rings. The molecule has 0 radical (unpaired) electrons. The number of anilines is 1. The van der Waals surface area contributed by atoms with Crippen LogP contribution in [0.1, 0.15) is 50.4 Å². The molecule has 0 bridgehead atoms. The number of rotatable bonds is 5. The Labute approximate surface area is 158 Å². The van der Waals surface area contributed by atoms with Crippen molar-refractivity contribution < 1.29 is 13.2 Å². The summed E-state index contributed by atoms with van der Waals surface area (Å²) < 4.78 is 27.5. The number of aryl methyl sites for hydroxylation is 2. The van der Waals surface area contributed by atoms with Crippen LogP contribution in [0.15, 0.2) is 22.5 Å². The summed E-state index contributed by atoms with van der Waals surface area (Å²) in [6.45, 7) is 11.0. The third-order valence-corrected chi connectivity index (χ3v) is 6.65. The second kappa shape index (κ2) is 7.42. The molecule has 0 spiro atoms. The van der Waals surface area contributed by atoms with Crippen molar-refractivity contribution in [1.82, 2.24) is 14.9 Å². The number of nitrogens with one attached hydrogen (secondary N) is 2.